The van der Waals surface area contributed by atoms with Crippen molar-refractivity contribution in [1.29, 1.82) is 0 Å². The van der Waals surface area contributed by atoms with E-state index >= 15 is 0 Å². The van der Waals surface area contributed by atoms with Gasteiger partial charge in [0.15, 0.2) is 0 Å². The lowest BCUT2D eigenvalue weighted by molar-refractivity contribution is -0.124. The molecule has 0 bridgehead atoms. The first-order valence-corrected chi connectivity index (χ1v) is 6.03. The van der Waals surface area contributed by atoms with Crippen LogP contribution >= 0.6 is 0 Å². The molecular weight excluding hydrogens is 188 g/mol. The van der Waals surface area contributed by atoms with E-state index in [9.17, 15) is 9.00 Å². The Morgan fingerprint density at radius 3 is 2.62 bits per heavy atom. The predicted molar refractivity (Wildman–Crippen MR) is 55.0 cm³/mol. The molecule has 2 N–H and O–H groups in total. The van der Waals surface area contributed by atoms with Gasteiger partial charge in [-0.15, -0.1) is 0 Å². The molecule has 0 aromatic carbocycles. The average molecular weight is 206 g/mol. The van der Waals surface area contributed by atoms with E-state index in [4.69, 9.17) is 0 Å². The number of carbonyl (C=O) groups excluding carboxylic acids is 1. The second kappa shape index (κ2) is 7.03. The molecule has 0 radical (unpaired) electrons. The zero-order valence-corrected chi connectivity index (χ0v) is 9.24. The molecule has 1 amide bonds. The lowest BCUT2D eigenvalue weighted by Gasteiger charge is -2.10. The SMILES string of the molecule is CNCC(C)C(=O)NCCS(C)=O. The molecule has 4 nitrogen and oxygen atoms in total. The van der Waals surface area contributed by atoms with E-state index in [1.807, 2.05) is 14.0 Å². The van der Waals surface area contributed by atoms with Gasteiger partial charge >= 0.3 is 0 Å². The second-order valence-electron chi connectivity index (χ2n) is 3.03. The molecule has 13 heavy (non-hydrogen) atoms. The normalized spacial score (nSPS) is 15.0. The molecule has 2 unspecified atom stereocenters. The van der Waals surface area contributed by atoms with Crippen molar-refractivity contribution in [2.45, 2.75) is 6.92 Å². The minimum Gasteiger partial charge on any atom is -0.355 e. The van der Waals surface area contributed by atoms with E-state index in [1.165, 1.54) is 0 Å². The molecule has 0 aliphatic carbocycles. The van der Waals surface area contributed by atoms with E-state index in [1.54, 1.807) is 6.26 Å². The molecule has 0 aliphatic rings. The summed E-state index contributed by atoms with van der Waals surface area (Å²) in [5, 5.41) is 5.65. The van der Waals surface area contributed by atoms with Crippen LogP contribution in [-0.4, -0.2) is 42.3 Å². The Labute approximate surface area is 81.9 Å². The third kappa shape index (κ3) is 6.72. The van der Waals surface area contributed by atoms with E-state index in [0.717, 1.165) is 0 Å². The second-order valence-corrected chi connectivity index (χ2v) is 4.58. The highest BCUT2D eigenvalue weighted by atomic mass is 32.2. The third-order valence-electron chi connectivity index (χ3n) is 1.65. The highest BCUT2D eigenvalue weighted by molar-refractivity contribution is 7.84. The number of rotatable bonds is 6. The Morgan fingerprint density at radius 2 is 2.15 bits per heavy atom. The smallest absolute Gasteiger partial charge is 0.224 e. The predicted octanol–water partition coefficient (Wildman–Crippen LogP) is -0.663. The summed E-state index contributed by atoms with van der Waals surface area (Å²) in [7, 11) is 0.981. The molecule has 2 atom stereocenters. The summed E-state index contributed by atoms with van der Waals surface area (Å²) in [6.45, 7) is 3.02. The van der Waals surface area contributed by atoms with Gasteiger partial charge in [0.2, 0.25) is 5.91 Å². The zero-order valence-electron chi connectivity index (χ0n) is 8.42. The van der Waals surface area contributed by atoms with Crippen molar-refractivity contribution < 1.29 is 9.00 Å². The molecule has 0 aliphatic heterocycles. The number of hydrogen-bond donors (Lipinski definition) is 2. The fourth-order valence-electron chi connectivity index (χ4n) is 0.891. The molecular formula is C8H18N2O2S. The van der Waals surface area contributed by atoms with E-state index in [-0.39, 0.29) is 11.8 Å². The molecule has 5 heteroatoms. The van der Waals surface area contributed by atoms with Crippen LogP contribution in [0, 0.1) is 5.92 Å². The van der Waals surface area contributed by atoms with Gasteiger partial charge in [-0.05, 0) is 7.05 Å². The van der Waals surface area contributed by atoms with Gasteiger partial charge in [0.05, 0.1) is 0 Å². The standard InChI is InChI=1S/C8H18N2O2S/c1-7(6-9-2)8(11)10-4-5-13(3)12/h7,9H,4-6H2,1-3H3,(H,10,11). The van der Waals surface area contributed by atoms with Crippen LogP contribution in [-0.2, 0) is 15.6 Å². The summed E-state index contributed by atoms with van der Waals surface area (Å²) in [6, 6.07) is 0. The summed E-state index contributed by atoms with van der Waals surface area (Å²) in [5.74, 6) is 0.507. The quantitative estimate of drug-likeness (QED) is 0.606. The maximum absolute atomic E-state index is 11.3. The number of nitrogens with one attached hydrogen (secondary N) is 2. The molecule has 0 saturated heterocycles. The van der Waals surface area contributed by atoms with Crippen LogP contribution in [0.2, 0.25) is 0 Å². The van der Waals surface area contributed by atoms with Gasteiger partial charge in [-0.1, -0.05) is 6.92 Å². The van der Waals surface area contributed by atoms with Gasteiger partial charge in [0.25, 0.3) is 0 Å². The van der Waals surface area contributed by atoms with Crippen LogP contribution in [0.25, 0.3) is 0 Å². The van der Waals surface area contributed by atoms with Crippen molar-refractivity contribution in [3.63, 3.8) is 0 Å². The molecule has 0 aromatic heterocycles. The van der Waals surface area contributed by atoms with Crippen molar-refractivity contribution in [2.24, 2.45) is 5.92 Å². The minimum atomic E-state index is -0.829. The van der Waals surface area contributed by atoms with Crippen molar-refractivity contribution in [1.82, 2.24) is 10.6 Å². The van der Waals surface area contributed by atoms with Gasteiger partial charge in [-0.3, -0.25) is 9.00 Å². The summed E-state index contributed by atoms with van der Waals surface area (Å²) < 4.78 is 10.7. The Bertz CT molecular complexity index is 185. The van der Waals surface area contributed by atoms with Gasteiger partial charge in [-0.25, -0.2) is 0 Å². The Morgan fingerprint density at radius 1 is 1.54 bits per heavy atom. The topological polar surface area (TPSA) is 58.2 Å². The molecule has 0 fully saturated rings. The molecule has 0 spiro atoms. The maximum Gasteiger partial charge on any atom is 0.224 e. The van der Waals surface area contributed by atoms with Crippen LogP contribution in [0.3, 0.4) is 0 Å². The first-order valence-electron chi connectivity index (χ1n) is 4.30. The lowest BCUT2D eigenvalue weighted by Crippen LogP contribution is -2.36. The summed E-state index contributed by atoms with van der Waals surface area (Å²) in [5.41, 5.74) is 0. The minimum absolute atomic E-state index is 0.0137. The molecule has 0 rings (SSSR count). The Hall–Kier alpha value is -0.420. The highest BCUT2D eigenvalue weighted by Crippen LogP contribution is 1.90. The Balaban J connectivity index is 3.55. The molecule has 78 valence electrons. The third-order valence-corrected chi connectivity index (χ3v) is 2.43. The number of carbonyl (C=O) groups is 1. The van der Waals surface area contributed by atoms with Crippen LogP contribution in [0.15, 0.2) is 0 Å². The Kier molecular flexibility index (Phi) is 6.80. The van der Waals surface area contributed by atoms with Gasteiger partial charge < -0.3 is 10.6 Å². The maximum atomic E-state index is 11.3. The van der Waals surface area contributed by atoms with E-state index in [2.05, 4.69) is 10.6 Å². The largest absolute Gasteiger partial charge is 0.355 e. The van der Waals surface area contributed by atoms with Gasteiger partial charge in [0, 0.05) is 41.8 Å². The first-order chi connectivity index (χ1) is 6.07. The highest BCUT2D eigenvalue weighted by Gasteiger charge is 2.10. The van der Waals surface area contributed by atoms with E-state index < -0.39 is 10.8 Å². The summed E-state index contributed by atoms with van der Waals surface area (Å²) in [4.78, 5) is 11.3. The number of hydrogen-bond acceptors (Lipinski definition) is 3. The number of amides is 1. The lowest BCUT2D eigenvalue weighted by atomic mass is 10.1. The van der Waals surface area contributed by atoms with Crippen molar-refractivity contribution in [2.75, 3.05) is 32.1 Å². The summed E-state index contributed by atoms with van der Waals surface area (Å²) in [6.07, 6.45) is 1.63. The van der Waals surface area contributed by atoms with Crippen LogP contribution in [0.5, 0.6) is 0 Å². The zero-order chi connectivity index (χ0) is 10.3. The van der Waals surface area contributed by atoms with Gasteiger partial charge in [0.1, 0.15) is 0 Å². The van der Waals surface area contributed by atoms with E-state index in [0.29, 0.717) is 18.8 Å². The fourth-order valence-corrected chi connectivity index (χ4v) is 1.28. The monoisotopic (exact) mass is 206 g/mol. The van der Waals surface area contributed by atoms with Crippen LogP contribution in [0.4, 0.5) is 0 Å². The van der Waals surface area contributed by atoms with Crippen molar-refractivity contribution >= 4 is 16.7 Å². The molecule has 0 saturated carbocycles. The van der Waals surface area contributed by atoms with Crippen molar-refractivity contribution in [3.05, 3.63) is 0 Å². The average Bonchev–Trinajstić information content (AvgIpc) is 2.04. The molecule has 0 heterocycles. The first kappa shape index (κ1) is 12.6. The summed E-state index contributed by atoms with van der Waals surface area (Å²) >= 11 is 0. The van der Waals surface area contributed by atoms with Gasteiger partial charge in [-0.2, -0.15) is 0 Å². The van der Waals surface area contributed by atoms with Crippen molar-refractivity contribution in [3.8, 4) is 0 Å². The van der Waals surface area contributed by atoms with Crippen LogP contribution < -0.4 is 10.6 Å². The van der Waals surface area contributed by atoms with Crippen LogP contribution in [0.1, 0.15) is 6.92 Å². The molecule has 0 aromatic rings. The fraction of sp³-hybridized carbons (Fsp3) is 0.875.